The van der Waals surface area contributed by atoms with Crippen molar-refractivity contribution in [2.45, 2.75) is 13.3 Å². The van der Waals surface area contributed by atoms with Crippen LogP contribution in [0.5, 0.6) is 0 Å². The molecule has 0 spiro atoms. The van der Waals surface area contributed by atoms with Crippen molar-refractivity contribution in [2.75, 3.05) is 11.9 Å². The summed E-state index contributed by atoms with van der Waals surface area (Å²) >= 11 is 1.55. The molecule has 4 nitrogen and oxygen atoms in total. The van der Waals surface area contributed by atoms with Crippen LogP contribution in [0.2, 0.25) is 0 Å². The molecule has 0 fully saturated rings. The Morgan fingerprint density at radius 2 is 2.33 bits per heavy atom. The van der Waals surface area contributed by atoms with E-state index in [1.54, 1.807) is 23.0 Å². The molecule has 0 atom stereocenters. The highest BCUT2D eigenvalue weighted by molar-refractivity contribution is 7.07. The normalized spacial score (nSPS) is 10.2. The topological polar surface area (TPSA) is 50.7 Å². The highest BCUT2D eigenvalue weighted by Crippen LogP contribution is 2.15. The lowest BCUT2D eigenvalue weighted by atomic mass is 10.4. The molecular weight excluding hydrogens is 208 g/mol. The van der Waals surface area contributed by atoms with E-state index in [0.717, 1.165) is 24.5 Å². The molecule has 0 aliphatic carbocycles. The monoisotopic (exact) mass is 220 g/mol. The quantitative estimate of drug-likeness (QED) is 0.859. The first-order valence-corrected chi connectivity index (χ1v) is 5.80. The molecule has 0 bridgehead atoms. The maximum atomic E-state index is 4.37. The van der Waals surface area contributed by atoms with Gasteiger partial charge in [0.05, 0.1) is 5.51 Å². The Balaban J connectivity index is 2.19. The van der Waals surface area contributed by atoms with Crippen molar-refractivity contribution in [2.24, 2.45) is 0 Å². The number of anilines is 1. The molecule has 2 aromatic heterocycles. The lowest BCUT2D eigenvalue weighted by Crippen LogP contribution is -2.02. The minimum absolute atomic E-state index is 0.678. The van der Waals surface area contributed by atoms with E-state index in [9.17, 15) is 0 Å². The summed E-state index contributed by atoms with van der Waals surface area (Å²) in [4.78, 5) is 12.7. The van der Waals surface area contributed by atoms with Crippen LogP contribution in [0.25, 0.3) is 11.5 Å². The first kappa shape index (κ1) is 10.0. The molecule has 0 aliphatic rings. The van der Waals surface area contributed by atoms with Gasteiger partial charge in [-0.15, -0.1) is 11.3 Å². The van der Waals surface area contributed by atoms with Gasteiger partial charge >= 0.3 is 0 Å². The summed E-state index contributed by atoms with van der Waals surface area (Å²) in [6, 6.07) is 1.87. The Kier molecular flexibility index (Phi) is 3.24. The molecular formula is C10H12N4S. The van der Waals surface area contributed by atoms with Gasteiger partial charge in [-0.1, -0.05) is 6.92 Å². The summed E-state index contributed by atoms with van der Waals surface area (Å²) in [5.74, 6) is 1.53. The van der Waals surface area contributed by atoms with E-state index >= 15 is 0 Å². The molecule has 0 saturated heterocycles. The lowest BCUT2D eigenvalue weighted by molar-refractivity contribution is 0.965. The van der Waals surface area contributed by atoms with Crippen molar-refractivity contribution in [3.8, 4) is 11.5 Å². The highest BCUT2D eigenvalue weighted by Gasteiger charge is 2.03. The first-order valence-electron chi connectivity index (χ1n) is 4.85. The van der Waals surface area contributed by atoms with Crippen LogP contribution in [0.4, 0.5) is 5.82 Å². The highest BCUT2D eigenvalue weighted by atomic mass is 32.1. The Morgan fingerprint density at radius 1 is 1.40 bits per heavy atom. The number of rotatable bonds is 4. The summed E-state index contributed by atoms with van der Waals surface area (Å²) in [6.45, 7) is 3.04. The second kappa shape index (κ2) is 4.84. The standard InChI is InChI=1S/C10H12N4S/c1-2-4-11-9-3-5-12-10(14-9)8-6-15-7-13-8/h3,5-7H,2,4H2,1H3,(H,11,12,14). The van der Waals surface area contributed by atoms with Gasteiger partial charge < -0.3 is 5.32 Å². The van der Waals surface area contributed by atoms with Crippen molar-refractivity contribution in [1.29, 1.82) is 0 Å². The SMILES string of the molecule is CCCNc1ccnc(-c2cscn2)n1. The van der Waals surface area contributed by atoms with Gasteiger partial charge in [0.25, 0.3) is 0 Å². The van der Waals surface area contributed by atoms with Crippen LogP contribution in [0.15, 0.2) is 23.2 Å². The molecule has 5 heteroatoms. The van der Waals surface area contributed by atoms with Crippen molar-refractivity contribution in [3.05, 3.63) is 23.2 Å². The predicted octanol–water partition coefficient (Wildman–Crippen LogP) is 2.42. The Hall–Kier alpha value is -1.49. The van der Waals surface area contributed by atoms with Crippen LogP contribution in [0.3, 0.4) is 0 Å². The van der Waals surface area contributed by atoms with E-state index < -0.39 is 0 Å². The van der Waals surface area contributed by atoms with Gasteiger partial charge in [-0.2, -0.15) is 0 Å². The smallest absolute Gasteiger partial charge is 0.181 e. The number of aromatic nitrogens is 3. The Labute approximate surface area is 92.4 Å². The fourth-order valence-corrected chi connectivity index (χ4v) is 1.69. The maximum absolute atomic E-state index is 4.37. The number of nitrogens with one attached hydrogen (secondary N) is 1. The molecule has 0 unspecified atom stereocenters. The molecule has 0 saturated carbocycles. The second-order valence-corrected chi connectivity index (χ2v) is 3.78. The van der Waals surface area contributed by atoms with E-state index in [1.165, 1.54) is 0 Å². The molecule has 78 valence electrons. The van der Waals surface area contributed by atoms with Crippen LogP contribution < -0.4 is 5.32 Å². The predicted molar refractivity (Wildman–Crippen MR) is 61.9 cm³/mol. The van der Waals surface area contributed by atoms with Gasteiger partial charge in [-0.25, -0.2) is 15.0 Å². The third kappa shape index (κ3) is 2.50. The minimum atomic E-state index is 0.678. The molecule has 2 aromatic rings. The fourth-order valence-electron chi connectivity index (χ4n) is 1.16. The van der Waals surface area contributed by atoms with E-state index in [4.69, 9.17) is 0 Å². The Bertz CT molecular complexity index is 413. The van der Waals surface area contributed by atoms with E-state index in [-0.39, 0.29) is 0 Å². The van der Waals surface area contributed by atoms with Crippen LogP contribution >= 0.6 is 11.3 Å². The molecule has 15 heavy (non-hydrogen) atoms. The zero-order chi connectivity index (χ0) is 10.5. The summed E-state index contributed by atoms with van der Waals surface area (Å²) in [5.41, 5.74) is 2.62. The molecule has 0 amide bonds. The van der Waals surface area contributed by atoms with E-state index in [0.29, 0.717) is 5.82 Å². The van der Waals surface area contributed by atoms with Gasteiger partial charge in [0.15, 0.2) is 5.82 Å². The summed E-state index contributed by atoms with van der Waals surface area (Å²) in [6.07, 6.45) is 2.83. The second-order valence-electron chi connectivity index (χ2n) is 3.07. The van der Waals surface area contributed by atoms with Crippen molar-refractivity contribution >= 4 is 17.2 Å². The van der Waals surface area contributed by atoms with Gasteiger partial charge in [-0.3, -0.25) is 0 Å². The van der Waals surface area contributed by atoms with Gasteiger partial charge in [-0.05, 0) is 12.5 Å². The zero-order valence-electron chi connectivity index (χ0n) is 8.47. The third-order valence-corrected chi connectivity index (χ3v) is 2.46. The summed E-state index contributed by atoms with van der Waals surface area (Å²) in [7, 11) is 0. The van der Waals surface area contributed by atoms with Gasteiger partial charge in [0, 0.05) is 18.1 Å². The number of hydrogen-bond acceptors (Lipinski definition) is 5. The van der Waals surface area contributed by atoms with Gasteiger partial charge in [0.1, 0.15) is 11.5 Å². The number of thiazole rings is 1. The molecule has 0 radical (unpaired) electrons. The molecule has 0 aromatic carbocycles. The first-order chi connectivity index (χ1) is 7.40. The maximum Gasteiger partial charge on any atom is 0.181 e. The minimum Gasteiger partial charge on any atom is -0.370 e. The Morgan fingerprint density at radius 3 is 3.07 bits per heavy atom. The van der Waals surface area contributed by atoms with Crippen LogP contribution in [-0.4, -0.2) is 21.5 Å². The van der Waals surface area contributed by atoms with Crippen LogP contribution in [-0.2, 0) is 0 Å². The van der Waals surface area contributed by atoms with Gasteiger partial charge in [0.2, 0.25) is 0 Å². The zero-order valence-corrected chi connectivity index (χ0v) is 9.29. The lowest BCUT2D eigenvalue weighted by Gasteiger charge is -2.03. The molecule has 2 heterocycles. The fraction of sp³-hybridized carbons (Fsp3) is 0.300. The third-order valence-electron chi connectivity index (χ3n) is 1.87. The van der Waals surface area contributed by atoms with E-state index in [2.05, 4.69) is 27.2 Å². The summed E-state index contributed by atoms with van der Waals surface area (Å²) in [5, 5.41) is 5.16. The van der Waals surface area contributed by atoms with Crippen molar-refractivity contribution < 1.29 is 0 Å². The number of nitrogens with zero attached hydrogens (tertiary/aromatic N) is 3. The van der Waals surface area contributed by atoms with Crippen LogP contribution in [0, 0.1) is 0 Å². The molecule has 2 rings (SSSR count). The van der Waals surface area contributed by atoms with Crippen molar-refractivity contribution in [1.82, 2.24) is 15.0 Å². The summed E-state index contributed by atoms with van der Waals surface area (Å²) < 4.78 is 0. The van der Waals surface area contributed by atoms with Crippen LogP contribution in [0.1, 0.15) is 13.3 Å². The average Bonchev–Trinajstić information content (AvgIpc) is 2.80. The number of hydrogen-bond donors (Lipinski definition) is 1. The molecule has 1 N–H and O–H groups in total. The largest absolute Gasteiger partial charge is 0.370 e. The molecule has 0 aliphatic heterocycles. The average molecular weight is 220 g/mol. The van der Waals surface area contributed by atoms with E-state index in [1.807, 2.05) is 11.4 Å². The van der Waals surface area contributed by atoms with Crippen molar-refractivity contribution in [3.63, 3.8) is 0 Å².